The maximum absolute atomic E-state index is 12.8. The van der Waals surface area contributed by atoms with Crippen molar-refractivity contribution in [2.75, 3.05) is 49.8 Å². The van der Waals surface area contributed by atoms with E-state index in [0.29, 0.717) is 24.5 Å². The number of imide groups is 2. The number of ether oxygens (including phenoxy) is 1. The fourth-order valence-electron chi connectivity index (χ4n) is 3.58. The first-order chi connectivity index (χ1) is 14.1. The van der Waals surface area contributed by atoms with Crippen molar-refractivity contribution in [1.29, 1.82) is 0 Å². The lowest BCUT2D eigenvalue weighted by atomic mass is 10.2. The van der Waals surface area contributed by atoms with Gasteiger partial charge in [0.2, 0.25) is 0 Å². The second-order valence-corrected chi connectivity index (χ2v) is 6.94. The number of hydrogen-bond acceptors (Lipinski definition) is 6. The van der Waals surface area contributed by atoms with Gasteiger partial charge in [-0.2, -0.15) is 0 Å². The lowest BCUT2D eigenvalue weighted by molar-refractivity contribution is -0.140. The topological polar surface area (TPSA) is 73.4 Å². The Bertz CT molecular complexity index is 908. The summed E-state index contributed by atoms with van der Waals surface area (Å²) in [4.78, 5) is 43.8. The summed E-state index contributed by atoms with van der Waals surface area (Å²) in [6.45, 7) is 3.08. The van der Waals surface area contributed by atoms with E-state index in [2.05, 4.69) is 17.0 Å². The fourth-order valence-corrected chi connectivity index (χ4v) is 3.58. The fraction of sp³-hybridized carbons (Fsp3) is 0.286. The van der Waals surface area contributed by atoms with Gasteiger partial charge in [0.15, 0.2) is 0 Å². The zero-order valence-electron chi connectivity index (χ0n) is 16.2. The van der Waals surface area contributed by atoms with Crippen molar-refractivity contribution < 1.29 is 19.1 Å². The number of amides is 4. The average molecular weight is 394 g/mol. The van der Waals surface area contributed by atoms with Gasteiger partial charge in [-0.1, -0.05) is 18.2 Å². The molecule has 0 radical (unpaired) electrons. The van der Waals surface area contributed by atoms with Crippen LogP contribution < -0.4 is 14.5 Å². The molecular formula is C21H22N4O4. The summed E-state index contributed by atoms with van der Waals surface area (Å²) in [6, 6.07) is 16.0. The van der Waals surface area contributed by atoms with Gasteiger partial charge in [0.05, 0.1) is 19.5 Å². The maximum Gasteiger partial charge on any atom is 0.340 e. The van der Waals surface area contributed by atoms with E-state index in [0.717, 1.165) is 28.6 Å². The molecule has 0 bridgehead atoms. The minimum atomic E-state index is -0.830. The van der Waals surface area contributed by atoms with Crippen LogP contribution in [0.25, 0.3) is 0 Å². The number of carbonyl (C=O) groups is 3. The highest BCUT2D eigenvalue weighted by Crippen LogP contribution is 2.25. The van der Waals surface area contributed by atoms with Crippen LogP contribution in [0.3, 0.4) is 0 Å². The molecule has 2 fully saturated rings. The molecule has 2 aliphatic heterocycles. The number of benzene rings is 2. The Hall–Kier alpha value is -3.39. The van der Waals surface area contributed by atoms with Gasteiger partial charge in [-0.25, -0.2) is 14.6 Å². The van der Waals surface area contributed by atoms with Crippen molar-refractivity contribution in [3.05, 3.63) is 54.6 Å². The minimum Gasteiger partial charge on any atom is -0.497 e. The number of nitrogens with zero attached hydrogens (tertiary/aromatic N) is 4. The molecule has 0 spiro atoms. The number of anilines is 2. The van der Waals surface area contributed by atoms with Crippen LogP contribution in [0.15, 0.2) is 54.6 Å². The number of hydrogen-bond donors (Lipinski definition) is 0. The van der Waals surface area contributed by atoms with E-state index in [9.17, 15) is 14.4 Å². The molecule has 0 N–H and O–H groups in total. The Labute approximate surface area is 168 Å². The second-order valence-electron chi connectivity index (χ2n) is 6.94. The molecule has 0 aromatic heterocycles. The number of rotatable bonds is 5. The molecule has 0 saturated carbocycles. The van der Waals surface area contributed by atoms with Crippen LogP contribution in [0.2, 0.25) is 0 Å². The predicted octanol–water partition coefficient (Wildman–Crippen LogP) is 1.77. The van der Waals surface area contributed by atoms with Crippen LogP contribution in [0, 0.1) is 0 Å². The number of piperazine rings is 1. The molecule has 150 valence electrons. The molecule has 4 rings (SSSR count). The number of para-hydroxylation sites is 1. The number of carbonyl (C=O) groups excluding carboxylic acids is 3. The van der Waals surface area contributed by atoms with Gasteiger partial charge in [-0.3, -0.25) is 14.5 Å². The second kappa shape index (κ2) is 7.92. The highest BCUT2D eigenvalue weighted by molar-refractivity contribution is 6.52. The van der Waals surface area contributed by atoms with Crippen LogP contribution in [-0.4, -0.2) is 67.6 Å². The standard InChI is InChI=1S/C21H22N4O4/c1-29-18-9-7-17(8-10-18)25-20(27)19(26)24(21(25)28)15-22-11-13-23(14-12-22)16-5-3-2-4-6-16/h2-10H,11-15H2,1H3. The van der Waals surface area contributed by atoms with Gasteiger partial charge >= 0.3 is 17.8 Å². The Morgan fingerprint density at radius 3 is 2.07 bits per heavy atom. The highest BCUT2D eigenvalue weighted by Gasteiger charge is 2.46. The molecule has 4 amide bonds. The predicted molar refractivity (Wildman–Crippen MR) is 108 cm³/mol. The van der Waals surface area contributed by atoms with Crippen molar-refractivity contribution in [3.8, 4) is 5.75 Å². The normalized spacial score (nSPS) is 18.0. The summed E-state index contributed by atoms with van der Waals surface area (Å²) >= 11 is 0. The smallest absolute Gasteiger partial charge is 0.340 e. The van der Waals surface area contributed by atoms with Crippen LogP contribution in [0.5, 0.6) is 5.75 Å². The zero-order valence-corrected chi connectivity index (χ0v) is 16.2. The van der Waals surface area contributed by atoms with Crippen molar-refractivity contribution >= 4 is 29.2 Å². The Morgan fingerprint density at radius 1 is 0.793 bits per heavy atom. The number of urea groups is 1. The van der Waals surface area contributed by atoms with Gasteiger partial charge < -0.3 is 9.64 Å². The molecule has 0 unspecified atom stereocenters. The van der Waals surface area contributed by atoms with Gasteiger partial charge in [0.1, 0.15) is 5.75 Å². The van der Waals surface area contributed by atoms with Gasteiger partial charge in [0.25, 0.3) is 0 Å². The summed E-state index contributed by atoms with van der Waals surface area (Å²) in [7, 11) is 1.53. The van der Waals surface area contributed by atoms with Crippen LogP contribution >= 0.6 is 0 Å². The molecular weight excluding hydrogens is 372 g/mol. The van der Waals surface area contributed by atoms with E-state index >= 15 is 0 Å². The summed E-state index contributed by atoms with van der Waals surface area (Å²) in [5, 5.41) is 0. The van der Waals surface area contributed by atoms with E-state index in [4.69, 9.17) is 4.74 Å². The Morgan fingerprint density at radius 2 is 1.45 bits per heavy atom. The monoisotopic (exact) mass is 394 g/mol. The number of methoxy groups -OCH3 is 1. The van der Waals surface area contributed by atoms with Crippen LogP contribution in [-0.2, 0) is 9.59 Å². The lowest BCUT2D eigenvalue weighted by Gasteiger charge is -2.37. The maximum atomic E-state index is 12.8. The third-order valence-electron chi connectivity index (χ3n) is 5.22. The first-order valence-corrected chi connectivity index (χ1v) is 9.45. The summed E-state index contributed by atoms with van der Waals surface area (Å²) in [5.74, 6) is -1.02. The molecule has 2 aromatic carbocycles. The van der Waals surface area contributed by atoms with E-state index in [1.807, 2.05) is 23.1 Å². The lowest BCUT2D eigenvalue weighted by Crippen LogP contribution is -2.51. The van der Waals surface area contributed by atoms with Crippen molar-refractivity contribution in [2.45, 2.75) is 0 Å². The van der Waals surface area contributed by atoms with Crippen molar-refractivity contribution in [1.82, 2.24) is 9.80 Å². The quantitative estimate of drug-likeness (QED) is 0.569. The van der Waals surface area contributed by atoms with Gasteiger partial charge in [-0.15, -0.1) is 0 Å². The first kappa shape index (κ1) is 18.9. The molecule has 2 aromatic rings. The molecule has 2 heterocycles. The molecule has 8 heteroatoms. The SMILES string of the molecule is COc1ccc(N2C(=O)C(=O)N(CN3CCN(c4ccccc4)CC3)C2=O)cc1. The minimum absolute atomic E-state index is 0.110. The van der Waals surface area contributed by atoms with Gasteiger partial charge in [0, 0.05) is 31.9 Å². The zero-order chi connectivity index (χ0) is 20.4. The van der Waals surface area contributed by atoms with E-state index in [-0.39, 0.29) is 6.67 Å². The molecule has 0 atom stereocenters. The van der Waals surface area contributed by atoms with E-state index in [1.54, 1.807) is 24.3 Å². The molecule has 0 aliphatic carbocycles. The third kappa shape index (κ3) is 3.66. The summed E-state index contributed by atoms with van der Waals surface area (Å²) in [5.41, 5.74) is 1.51. The largest absolute Gasteiger partial charge is 0.497 e. The van der Waals surface area contributed by atoms with Gasteiger partial charge in [-0.05, 0) is 36.4 Å². The van der Waals surface area contributed by atoms with Crippen molar-refractivity contribution in [2.24, 2.45) is 0 Å². The summed E-state index contributed by atoms with van der Waals surface area (Å²) < 4.78 is 5.09. The average Bonchev–Trinajstić information content (AvgIpc) is 2.98. The Kier molecular flexibility index (Phi) is 5.18. The van der Waals surface area contributed by atoms with E-state index in [1.165, 1.54) is 7.11 Å². The summed E-state index contributed by atoms with van der Waals surface area (Å²) in [6.07, 6.45) is 0. The third-order valence-corrected chi connectivity index (χ3v) is 5.22. The van der Waals surface area contributed by atoms with E-state index < -0.39 is 17.8 Å². The molecule has 2 saturated heterocycles. The molecule has 2 aliphatic rings. The van der Waals surface area contributed by atoms with Crippen LogP contribution in [0.1, 0.15) is 0 Å². The Balaban J connectivity index is 1.41. The highest BCUT2D eigenvalue weighted by atomic mass is 16.5. The van der Waals surface area contributed by atoms with Crippen LogP contribution in [0.4, 0.5) is 16.2 Å². The molecule has 8 nitrogen and oxygen atoms in total. The molecule has 29 heavy (non-hydrogen) atoms. The first-order valence-electron chi connectivity index (χ1n) is 9.45. The van der Waals surface area contributed by atoms with Crippen molar-refractivity contribution in [3.63, 3.8) is 0 Å².